The van der Waals surface area contributed by atoms with Gasteiger partial charge in [-0.15, -0.1) is 11.8 Å². The number of anilines is 1. The second-order valence-corrected chi connectivity index (χ2v) is 9.55. The maximum Gasteiger partial charge on any atom is 0.333 e. The third-order valence-electron chi connectivity index (χ3n) is 6.09. The maximum absolute atomic E-state index is 13.3. The third kappa shape index (κ3) is 3.85. The summed E-state index contributed by atoms with van der Waals surface area (Å²) in [6, 6.07) is 12.1. The van der Waals surface area contributed by atoms with E-state index in [2.05, 4.69) is 11.0 Å². The number of hydrogen-bond acceptors (Lipinski definition) is 6. The molecule has 32 heavy (non-hydrogen) atoms. The Balaban J connectivity index is 1.42. The number of carbonyl (C=O) groups excluding carboxylic acids is 2. The van der Waals surface area contributed by atoms with Crippen LogP contribution in [-0.4, -0.2) is 66.9 Å². The van der Waals surface area contributed by atoms with Gasteiger partial charge in [0, 0.05) is 36.0 Å². The third-order valence-corrected chi connectivity index (χ3v) is 7.67. The van der Waals surface area contributed by atoms with Crippen molar-refractivity contribution in [2.75, 3.05) is 44.1 Å². The lowest BCUT2D eigenvalue weighted by atomic mass is 10.1. The van der Waals surface area contributed by atoms with E-state index in [1.807, 2.05) is 12.1 Å². The molecule has 3 heterocycles. The van der Waals surface area contributed by atoms with Crippen molar-refractivity contribution in [3.63, 3.8) is 0 Å². The zero-order valence-electron chi connectivity index (χ0n) is 17.7. The Morgan fingerprint density at radius 1 is 1.12 bits per heavy atom. The lowest BCUT2D eigenvalue weighted by Crippen LogP contribution is -2.36. The monoisotopic (exact) mass is 473 g/mol. The van der Waals surface area contributed by atoms with E-state index >= 15 is 0 Å². The highest BCUT2D eigenvalue weighted by Crippen LogP contribution is 2.46. The molecule has 0 radical (unpaired) electrons. The fourth-order valence-electron chi connectivity index (χ4n) is 4.45. The van der Waals surface area contributed by atoms with Crippen LogP contribution in [0.2, 0.25) is 5.02 Å². The van der Waals surface area contributed by atoms with Crippen molar-refractivity contribution in [2.24, 2.45) is 0 Å². The second kappa shape index (κ2) is 8.94. The molecule has 0 spiro atoms. The molecule has 2 aromatic carbocycles. The van der Waals surface area contributed by atoms with E-state index in [0.29, 0.717) is 16.5 Å². The molecule has 0 N–H and O–H groups in total. The zero-order valence-corrected chi connectivity index (χ0v) is 19.3. The van der Waals surface area contributed by atoms with Gasteiger partial charge in [-0.1, -0.05) is 17.7 Å². The van der Waals surface area contributed by atoms with E-state index in [0.717, 1.165) is 49.7 Å². The lowest BCUT2D eigenvalue weighted by molar-refractivity contribution is -0.119. The lowest BCUT2D eigenvalue weighted by Gasteiger charge is -2.28. The molecule has 9 heteroatoms. The number of rotatable bonds is 5. The molecule has 2 aromatic rings. The Morgan fingerprint density at radius 3 is 2.59 bits per heavy atom. The molecule has 3 saturated heterocycles. The molecule has 0 bridgehead atoms. The van der Waals surface area contributed by atoms with Gasteiger partial charge in [-0.25, -0.2) is 9.69 Å². The largest absolute Gasteiger partial charge is 0.496 e. The first-order valence-electron chi connectivity index (χ1n) is 10.6. The molecule has 5 rings (SSSR count). The molecule has 3 aliphatic rings. The normalized spacial score (nSPS) is 23.7. The molecule has 0 aliphatic carbocycles. The van der Waals surface area contributed by atoms with Crippen LogP contribution in [0.3, 0.4) is 0 Å². The molecular formula is C23H24ClN3O4S. The maximum atomic E-state index is 13.3. The van der Waals surface area contributed by atoms with Crippen LogP contribution in [0.4, 0.5) is 10.5 Å². The molecule has 3 amide bonds. The van der Waals surface area contributed by atoms with Crippen molar-refractivity contribution in [3.8, 4) is 5.75 Å². The summed E-state index contributed by atoms with van der Waals surface area (Å²) in [5.74, 6) is 1.21. The number of imide groups is 1. The second-order valence-electron chi connectivity index (χ2n) is 8.00. The zero-order chi connectivity index (χ0) is 22.2. The van der Waals surface area contributed by atoms with Crippen LogP contribution in [0.5, 0.6) is 5.75 Å². The predicted molar refractivity (Wildman–Crippen MR) is 124 cm³/mol. The number of halogens is 1. The number of hydrogen-bond donors (Lipinski definition) is 0. The van der Waals surface area contributed by atoms with Gasteiger partial charge in [0.15, 0.2) is 0 Å². The molecule has 3 aliphatic heterocycles. The van der Waals surface area contributed by atoms with Crippen LogP contribution in [-0.2, 0) is 16.1 Å². The van der Waals surface area contributed by atoms with Gasteiger partial charge in [0.1, 0.15) is 17.2 Å². The standard InChI is InChI=1S/C23H24ClN3O4S/c1-30-20-7-2-15(12-16(20)13-25-8-10-31-11-9-25)22-27-19(14-32-22)21(28)26(23(27)29)18-5-3-17(24)4-6-18/h2-7,12,19,22H,8-11,13-14H2,1H3/t19-,22+/m1/s1. The van der Waals surface area contributed by atoms with Gasteiger partial charge in [0.25, 0.3) is 5.91 Å². The fourth-order valence-corrected chi connectivity index (χ4v) is 5.98. The highest BCUT2D eigenvalue weighted by Gasteiger charge is 2.53. The van der Waals surface area contributed by atoms with E-state index in [4.69, 9.17) is 21.1 Å². The molecule has 0 aromatic heterocycles. The first kappa shape index (κ1) is 21.6. The Morgan fingerprint density at radius 2 is 1.88 bits per heavy atom. The smallest absolute Gasteiger partial charge is 0.333 e. The summed E-state index contributed by atoms with van der Waals surface area (Å²) in [4.78, 5) is 31.7. The van der Waals surface area contributed by atoms with Crippen LogP contribution in [0.15, 0.2) is 42.5 Å². The number of carbonyl (C=O) groups is 2. The minimum absolute atomic E-state index is 0.186. The summed E-state index contributed by atoms with van der Waals surface area (Å²) in [5.41, 5.74) is 2.62. The Labute approximate surface area is 196 Å². The van der Waals surface area contributed by atoms with E-state index in [9.17, 15) is 9.59 Å². The van der Waals surface area contributed by atoms with Crippen LogP contribution in [0, 0.1) is 0 Å². The molecule has 3 fully saturated rings. The number of benzene rings is 2. The van der Waals surface area contributed by atoms with Crippen molar-refractivity contribution in [3.05, 3.63) is 58.6 Å². The molecular weight excluding hydrogens is 450 g/mol. The molecule has 0 saturated carbocycles. The first-order valence-corrected chi connectivity index (χ1v) is 12.0. The number of amides is 3. The number of nitrogens with zero attached hydrogens (tertiary/aromatic N) is 3. The van der Waals surface area contributed by atoms with Crippen molar-refractivity contribution in [2.45, 2.75) is 18.0 Å². The van der Waals surface area contributed by atoms with Crippen molar-refractivity contribution in [1.29, 1.82) is 0 Å². The Hall–Kier alpha value is -2.26. The van der Waals surface area contributed by atoms with Crippen LogP contribution >= 0.6 is 23.4 Å². The van der Waals surface area contributed by atoms with Crippen molar-refractivity contribution >= 4 is 41.0 Å². The minimum Gasteiger partial charge on any atom is -0.496 e. The van der Waals surface area contributed by atoms with E-state index < -0.39 is 6.04 Å². The van der Waals surface area contributed by atoms with Crippen LogP contribution in [0.25, 0.3) is 0 Å². The van der Waals surface area contributed by atoms with E-state index in [1.165, 1.54) is 4.90 Å². The van der Waals surface area contributed by atoms with Gasteiger partial charge in [0.05, 0.1) is 26.0 Å². The summed E-state index contributed by atoms with van der Waals surface area (Å²) in [7, 11) is 1.67. The van der Waals surface area contributed by atoms with E-state index in [1.54, 1.807) is 48.0 Å². The number of morpholine rings is 1. The number of thioether (sulfide) groups is 1. The topological polar surface area (TPSA) is 62.3 Å². The van der Waals surface area contributed by atoms with Crippen molar-refractivity contribution in [1.82, 2.24) is 9.80 Å². The summed E-state index contributed by atoms with van der Waals surface area (Å²) in [5, 5.41) is 0.343. The molecule has 168 valence electrons. The van der Waals surface area contributed by atoms with Crippen LogP contribution < -0.4 is 9.64 Å². The summed E-state index contributed by atoms with van der Waals surface area (Å²) < 4.78 is 11.1. The summed E-state index contributed by atoms with van der Waals surface area (Å²) in [6.07, 6.45) is 0. The number of fused-ring (bicyclic) bond motifs is 1. The number of urea groups is 1. The quantitative estimate of drug-likeness (QED) is 0.616. The fraction of sp³-hybridized carbons (Fsp3) is 0.391. The van der Waals surface area contributed by atoms with Crippen LogP contribution in [0.1, 0.15) is 16.5 Å². The average Bonchev–Trinajstić information content (AvgIpc) is 3.35. The SMILES string of the molecule is COc1ccc([C@@H]2SC[C@@H]3C(=O)N(c4ccc(Cl)cc4)C(=O)N32)cc1CN1CCOCC1. The number of methoxy groups -OCH3 is 1. The molecule has 0 unspecified atom stereocenters. The van der Waals surface area contributed by atoms with Gasteiger partial charge in [-0.3, -0.25) is 14.6 Å². The van der Waals surface area contributed by atoms with Gasteiger partial charge >= 0.3 is 6.03 Å². The predicted octanol–water partition coefficient (Wildman–Crippen LogP) is 3.76. The summed E-state index contributed by atoms with van der Waals surface area (Å²) >= 11 is 7.60. The molecule has 7 nitrogen and oxygen atoms in total. The number of ether oxygens (including phenoxy) is 2. The highest BCUT2D eigenvalue weighted by atomic mass is 35.5. The van der Waals surface area contributed by atoms with Gasteiger partial charge in [-0.2, -0.15) is 0 Å². The minimum atomic E-state index is -0.460. The Bertz CT molecular complexity index is 1030. The average molecular weight is 474 g/mol. The van der Waals surface area contributed by atoms with Gasteiger partial charge in [-0.05, 0) is 42.0 Å². The highest BCUT2D eigenvalue weighted by molar-refractivity contribution is 7.99. The van der Waals surface area contributed by atoms with Crippen molar-refractivity contribution < 1.29 is 19.1 Å². The first-order chi connectivity index (χ1) is 15.6. The van der Waals surface area contributed by atoms with Gasteiger partial charge < -0.3 is 9.47 Å². The molecule has 2 atom stereocenters. The van der Waals surface area contributed by atoms with Gasteiger partial charge in [0.2, 0.25) is 0 Å². The Kier molecular flexibility index (Phi) is 6.03. The summed E-state index contributed by atoms with van der Waals surface area (Å²) in [6.45, 7) is 3.97. The van der Waals surface area contributed by atoms with E-state index in [-0.39, 0.29) is 17.3 Å².